The summed E-state index contributed by atoms with van der Waals surface area (Å²) in [5, 5.41) is 3.25. The number of nitrogens with one attached hydrogen (secondary N) is 1. The Hall–Kier alpha value is -2.34. The zero-order chi connectivity index (χ0) is 17.6. The van der Waals surface area contributed by atoms with E-state index < -0.39 is 6.17 Å². The number of fused-ring (bicyclic) bond motifs is 1. The quantitative estimate of drug-likeness (QED) is 0.708. The van der Waals surface area contributed by atoms with Gasteiger partial charge in [-0.2, -0.15) is 0 Å². The first-order valence-electron chi connectivity index (χ1n) is 8.12. The Morgan fingerprint density at radius 1 is 1.28 bits per heavy atom. The number of benzene rings is 2. The number of hydrogen-bond donors (Lipinski definition) is 1. The van der Waals surface area contributed by atoms with E-state index in [4.69, 9.17) is 0 Å². The van der Waals surface area contributed by atoms with Gasteiger partial charge in [0.15, 0.2) is 5.13 Å². The average Bonchev–Trinajstić information content (AvgIpc) is 2.93. The third-order valence-corrected chi connectivity index (χ3v) is 5.51. The van der Waals surface area contributed by atoms with E-state index in [1.807, 2.05) is 31.2 Å². The van der Waals surface area contributed by atoms with Crippen molar-refractivity contribution >= 4 is 32.6 Å². The molecule has 0 saturated heterocycles. The fraction of sp³-hybridized carbons (Fsp3) is 0.263. The third-order valence-electron chi connectivity index (χ3n) is 4.58. The monoisotopic (exact) mass is 358 g/mol. The molecule has 128 valence electrons. The van der Waals surface area contributed by atoms with E-state index in [0.29, 0.717) is 10.7 Å². The van der Waals surface area contributed by atoms with Crippen LogP contribution in [0.4, 0.5) is 13.9 Å². The lowest BCUT2D eigenvalue weighted by molar-refractivity contribution is -0.124. The molecule has 3 nitrogen and oxygen atoms in total. The Morgan fingerprint density at radius 2 is 2.08 bits per heavy atom. The highest BCUT2D eigenvalue weighted by atomic mass is 32.1. The predicted octanol–water partition coefficient (Wildman–Crippen LogP) is 5.10. The fourth-order valence-electron chi connectivity index (χ4n) is 3.10. The van der Waals surface area contributed by atoms with Gasteiger partial charge in [0.2, 0.25) is 5.91 Å². The zero-order valence-corrected chi connectivity index (χ0v) is 14.4. The zero-order valence-electron chi connectivity index (χ0n) is 13.6. The molecule has 0 aliphatic heterocycles. The highest BCUT2D eigenvalue weighted by Gasteiger charge is 2.34. The molecule has 1 saturated carbocycles. The lowest BCUT2D eigenvalue weighted by Crippen LogP contribution is -2.35. The van der Waals surface area contributed by atoms with Crippen LogP contribution in [0.1, 0.15) is 18.4 Å². The van der Waals surface area contributed by atoms with E-state index in [-0.39, 0.29) is 30.5 Å². The van der Waals surface area contributed by atoms with E-state index in [2.05, 4.69) is 10.3 Å². The molecular weight excluding hydrogens is 342 g/mol. The summed E-state index contributed by atoms with van der Waals surface area (Å²) in [7, 11) is 0. The van der Waals surface area contributed by atoms with Crippen molar-refractivity contribution in [3.05, 3.63) is 47.8 Å². The van der Waals surface area contributed by atoms with Crippen molar-refractivity contribution in [2.45, 2.75) is 25.9 Å². The first kappa shape index (κ1) is 16.1. The number of alkyl halides is 1. The first-order valence-corrected chi connectivity index (χ1v) is 8.94. The van der Waals surface area contributed by atoms with Crippen LogP contribution in [0.25, 0.3) is 21.3 Å². The van der Waals surface area contributed by atoms with Crippen LogP contribution >= 0.6 is 11.3 Å². The van der Waals surface area contributed by atoms with Gasteiger partial charge >= 0.3 is 0 Å². The summed E-state index contributed by atoms with van der Waals surface area (Å²) in [4.78, 5) is 16.4. The van der Waals surface area contributed by atoms with Gasteiger partial charge in [-0.1, -0.05) is 29.5 Å². The first-order chi connectivity index (χ1) is 12.0. The molecule has 0 spiro atoms. The van der Waals surface area contributed by atoms with E-state index in [9.17, 15) is 13.6 Å². The van der Waals surface area contributed by atoms with Gasteiger partial charge < -0.3 is 5.32 Å². The van der Waals surface area contributed by atoms with Crippen molar-refractivity contribution in [3.8, 4) is 11.1 Å². The molecule has 3 aromatic rings. The number of carbonyl (C=O) groups is 1. The molecule has 25 heavy (non-hydrogen) atoms. The average molecular weight is 358 g/mol. The molecule has 0 bridgehead atoms. The third kappa shape index (κ3) is 3.02. The van der Waals surface area contributed by atoms with Gasteiger partial charge in [-0.3, -0.25) is 4.79 Å². The van der Waals surface area contributed by atoms with E-state index in [1.165, 1.54) is 17.4 Å². The summed E-state index contributed by atoms with van der Waals surface area (Å²) >= 11 is 1.34. The van der Waals surface area contributed by atoms with Crippen LogP contribution in [0, 0.1) is 18.7 Å². The van der Waals surface area contributed by atoms with E-state index in [1.54, 1.807) is 6.07 Å². The highest BCUT2D eigenvalue weighted by molar-refractivity contribution is 7.22. The molecule has 1 aliphatic rings. The van der Waals surface area contributed by atoms with Crippen molar-refractivity contribution < 1.29 is 13.6 Å². The number of aryl methyl sites for hydroxylation is 1. The van der Waals surface area contributed by atoms with Crippen molar-refractivity contribution in [2.24, 2.45) is 5.92 Å². The Balaban J connectivity index is 1.62. The van der Waals surface area contributed by atoms with Gasteiger partial charge in [-0.05, 0) is 49.1 Å². The van der Waals surface area contributed by atoms with Gasteiger partial charge in [-0.15, -0.1) is 0 Å². The molecule has 1 aliphatic carbocycles. The van der Waals surface area contributed by atoms with Gasteiger partial charge in [0.25, 0.3) is 0 Å². The van der Waals surface area contributed by atoms with Crippen LogP contribution in [-0.4, -0.2) is 17.1 Å². The van der Waals surface area contributed by atoms with E-state index >= 15 is 0 Å². The second-order valence-corrected chi connectivity index (χ2v) is 7.42. The minimum atomic E-state index is -0.863. The molecule has 2 aromatic carbocycles. The van der Waals surface area contributed by atoms with Gasteiger partial charge in [0.05, 0.1) is 10.2 Å². The van der Waals surface area contributed by atoms with Crippen LogP contribution in [0.5, 0.6) is 0 Å². The summed E-state index contributed by atoms with van der Waals surface area (Å²) in [6, 6.07) is 10.5. The number of hydrogen-bond acceptors (Lipinski definition) is 3. The number of amides is 1. The number of rotatable bonds is 3. The number of anilines is 1. The van der Waals surface area contributed by atoms with Crippen molar-refractivity contribution in [1.29, 1.82) is 0 Å². The molecule has 1 heterocycles. The maximum absolute atomic E-state index is 14.2. The number of aromatic nitrogens is 1. The molecular formula is C19H16F2N2OS. The smallest absolute Gasteiger partial charge is 0.229 e. The van der Waals surface area contributed by atoms with Gasteiger partial charge in [0.1, 0.15) is 12.0 Å². The number of carbonyl (C=O) groups excluding carboxylic acids is 1. The summed E-state index contributed by atoms with van der Waals surface area (Å²) in [5.41, 5.74) is 2.97. The summed E-state index contributed by atoms with van der Waals surface area (Å²) in [6.07, 6.45) is -0.293. The van der Waals surface area contributed by atoms with Crippen LogP contribution < -0.4 is 5.32 Å². The second kappa shape index (κ2) is 6.19. The lowest BCUT2D eigenvalue weighted by atomic mass is 9.83. The highest BCUT2D eigenvalue weighted by Crippen LogP contribution is 2.35. The van der Waals surface area contributed by atoms with E-state index in [0.717, 1.165) is 21.3 Å². The minimum absolute atomic E-state index is 0.182. The molecule has 1 N–H and O–H groups in total. The van der Waals surface area contributed by atoms with Gasteiger partial charge in [-0.25, -0.2) is 13.8 Å². The minimum Gasteiger partial charge on any atom is -0.302 e. The standard InChI is InChI=1S/C19H16F2N2OS/c1-10-3-2-4-14(21)17(10)11-5-6-15-16(9-11)25-19(22-15)23-18(24)12-7-13(20)8-12/h2-6,9,12-13H,7-8H2,1H3,(H,22,23,24). The number of nitrogens with zero attached hydrogens (tertiary/aromatic N) is 1. The Morgan fingerprint density at radius 3 is 2.80 bits per heavy atom. The molecule has 4 rings (SSSR count). The molecule has 0 unspecified atom stereocenters. The summed E-state index contributed by atoms with van der Waals surface area (Å²) in [5.74, 6) is -0.708. The number of halogens is 2. The lowest BCUT2D eigenvalue weighted by Gasteiger charge is -2.27. The summed E-state index contributed by atoms with van der Waals surface area (Å²) in [6.45, 7) is 1.87. The Labute approximate surface area is 147 Å². The van der Waals surface area contributed by atoms with Crippen LogP contribution in [0.3, 0.4) is 0 Å². The van der Waals surface area contributed by atoms with Gasteiger partial charge in [0, 0.05) is 11.5 Å². The molecule has 1 fully saturated rings. The molecule has 0 atom stereocenters. The molecule has 6 heteroatoms. The normalized spacial score (nSPS) is 19.6. The molecule has 0 radical (unpaired) electrons. The SMILES string of the molecule is Cc1cccc(F)c1-c1ccc2nc(NC(=O)C3CC(F)C3)sc2c1. The molecule has 1 aromatic heterocycles. The Bertz CT molecular complexity index is 943. The van der Waals surface area contributed by atoms with Crippen LogP contribution in [0.2, 0.25) is 0 Å². The van der Waals surface area contributed by atoms with Crippen LogP contribution in [0.15, 0.2) is 36.4 Å². The maximum Gasteiger partial charge on any atom is 0.229 e. The number of thiazole rings is 1. The van der Waals surface area contributed by atoms with Crippen molar-refractivity contribution in [2.75, 3.05) is 5.32 Å². The fourth-order valence-corrected chi connectivity index (χ4v) is 4.01. The van der Waals surface area contributed by atoms with Crippen molar-refractivity contribution in [3.63, 3.8) is 0 Å². The topological polar surface area (TPSA) is 42.0 Å². The van der Waals surface area contributed by atoms with Crippen LogP contribution in [-0.2, 0) is 4.79 Å². The Kier molecular flexibility index (Phi) is 4.00. The largest absolute Gasteiger partial charge is 0.302 e. The maximum atomic E-state index is 14.2. The second-order valence-electron chi connectivity index (χ2n) is 6.39. The summed E-state index contributed by atoms with van der Waals surface area (Å²) < 4.78 is 27.9. The molecule has 1 amide bonds. The predicted molar refractivity (Wildman–Crippen MR) is 96.0 cm³/mol. The van der Waals surface area contributed by atoms with Crippen molar-refractivity contribution in [1.82, 2.24) is 4.98 Å².